The van der Waals surface area contributed by atoms with Gasteiger partial charge in [0, 0.05) is 25.0 Å². The summed E-state index contributed by atoms with van der Waals surface area (Å²) in [6.07, 6.45) is 0.771. The summed E-state index contributed by atoms with van der Waals surface area (Å²) < 4.78 is 26.4. The molecule has 0 radical (unpaired) electrons. The fourth-order valence-corrected chi connectivity index (χ4v) is 2.27. The number of alkyl halides is 1. The molecule has 2 unspecified atom stereocenters. The molecule has 0 amide bonds. The van der Waals surface area contributed by atoms with Crippen molar-refractivity contribution >= 4 is 26.1 Å². The molecule has 0 aromatic rings. The zero-order valence-corrected chi connectivity index (χ0v) is 10.8. The minimum Gasteiger partial charge on any atom is -0.199 e. The van der Waals surface area contributed by atoms with Gasteiger partial charge < -0.3 is 0 Å². The molecular formula is C7H17BrN2O2S. The molecule has 0 spiro atoms. The van der Waals surface area contributed by atoms with E-state index in [0.717, 1.165) is 6.42 Å². The summed E-state index contributed by atoms with van der Waals surface area (Å²) in [7, 11) is -0.267. The Morgan fingerprint density at radius 3 is 2.15 bits per heavy atom. The Morgan fingerprint density at radius 1 is 1.38 bits per heavy atom. The van der Waals surface area contributed by atoms with Gasteiger partial charge in [0.2, 0.25) is 0 Å². The van der Waals surface area contributed by atoms with Gasteiger partial charge in [0.15, 0.2) is 0 Å². The molecule has 0 bridgehead atoms. The zero-order valence-electron chi connectivity index (χ0n) is 8.41. The van der Waals surface area contributed by atoms with Crippen molar-refractivity contribution in [2.45, 2.75) is 31.1 Å². The monoisotopic (exact) mass is 272 g/mol. The van der Waals surface area contributed by atoms with Crippen molar-refractivity contribution in [1.82, 2.24) is 9.03 Å². The van der Waals surface area contributed by atoms with Crippen LogP contribution in [0, 0.1) is 0 Å². The second-order valence-electron chi connectivity index (χ2n) is 3.32. The number of hydrogen-bond donors (Lipinski definition) is 1. The Kier molecular flexibility index (Phi) is 5.43. The minimum atomic E-state index is -3.28. The average molecular weight is 273 g/mol. The van der Waals surface area contributed by atoms with Crippen molar-refractivity contribution in [1.29, 1.82) is 0 Å². The second-order valence-corrected chi connectivity index (χ2v) is 6.80. The van der Waals surface area contributed by atoms with Crippen molar-refractivity contribution in [3.05, 3.63) is 0 Å². The van der Waals surface area contributed by atoms with E-state index < -0.39 is 10.2 Å². The standard InChI is InChI=1S/C7H17BrN2O2S/c1-6(8)5-7(2)9-13(11,12)10(3)4/h6-7,9H,5H2,1-4H3. The van der Waals surface area contributed by atoms with Crippen LogP contribution in [0.5, 0.6) is 0 Å². The van der Waals surface area contributed by atoms with Gasteiger partial charge in [0.05, 0.1) is 0 Å². The summed E-state index contributed by atoms with van der Waals surface area (Å²) in [6, 6.07) is -0.0539. The molecule has 0 aliphatic rings. The second kappa shape index (κ2) is 5.29. The Hall–Kier alpha value is 0.350. The highest BCUT2D eigenvalue weighted by Crippen LogP contribution is 2.07. The third-order valence-corrected chi connectivity index (χ3v) is 3.54. The molecule has 80 valence electrons. The maximum absolute atomic E-state index is 11.3. The van der Waals surface area contributed by atoms with Crippen LogP contribution in [0.15, 0.2) is 0 Å². The van der Waals surface area contributed by atoms with E-state index in [9.17, 15) is 8.42 Å². The predicted molar refractivity (Wildman–Crippen MR) is 58.2 cm³/mol. The van der Waals surface area contributed by atoms with E-state index in [4.69, 9.17) is 0 Å². The molecule has 0 fully saturated rings. The van der Waals surface area contributed by atoms with Crippen LogP contribution in [-0.2, 0) is 10.2 Å². The van der Waals surface area contributed by atoms with Crippen molar-refractivity contribution in [3.63, 3.8) is 0 Å². The minimum absolute atomic E-state index is 0.0539. The van der Waals surface area contributed by atoms with E-state index >= 15 is 0 Å². The molecule has 4 nitrogen and oxygen atoms in total. The largest absolute Gasteiger partial charge is 0.279 e. The topological polar surface area (TPSA) is 49.4 Å². The molecular weight excluding hydrogens is 256 g/mol. The first kappa shape index (κ1) is 13.4. The highest BCUT2D eigenvalue weighted by atomic mass is 79.9. The van der Waals surface area contributed by atoms with E-state index in [1.807, 2.05) is 13.8 Å². The van der Waals surface area contributed by atoms with Crippen LogP contribution in [0.2, 0.25) is 0 Å². The summed E-state index contributed by atoms with van der Waals surface area (Å²) in [5.41, 5.74) is 0. The van der Waals surface area contributed by atoms with Crippen LogP contribution in [0.4, 0.5) is 0 Å². The van der Waals surface area contributed by atoms with Gasteiger partial charge in [-0.2, -0.15) is 17.4 Å². The summed E-state index contributed by atoms with van der Waals surface area (Å²) in [5.74, 6) is 0. The first-order valence-corrected chi connectivity index (χ1v) is 6.45. The third kappa shape index (κ3) is 5.61. The van der Waals surface area contributed by atoms with Crippen LogP contribution >= 0.6 is 15.9 Å². The van der Waals surface area contributed by atoms with Crippen LogP contribution < -0.4 is 4.72 Å². The van der Waals surface area contributed by atoms with Crippen molar-refractivity contribution in [3.8, 4) is 0 Å². The highest BCUT2D eigenvalue weighted by Gasteiger charge is 2.17. The quantitative estimate of drug-likeness (QED) is 0.758. The predicted octanol–water partition coefficient (Wildman–Crippen LogP) is 0.944. The lowest BCUT2D eigenvalue weighted by molar-refractivity contribution is 0.485. The normalized spacial score (nSPS) is 17.4. The number of nitrogens with one attached hydrogen (secondary N) is 1. The third-order valence-electron chi connectivity index (χ3n) is 1.51. The maximum atomic E-state index is 11.3. The van der Waals surface area contributed by atoms with E-state index in [2.05, 4.69) is 20.7 Å². The van der Waals surface area contributed by atoms with Gasteiger partial charge in [-0.25, -0.2) is 0 Å². The lowest BCUT2D eigenvalue weighted by Crippen LogP contribution is -2.41. The van der Waals surface area contributed by atoms with E-state index in [-0.39, 0.29) is 6.04 Å². The molecule has 6 heteroatoms. The van der Waals surface area contributed by atoms with E-state index in [1.165, 1.54) is 18.4 Å². The summed E-state index contributed by atoms with van der Waals surface area (Å²) in [4.78, 5) is 0.312. The number of hydrogen-bond acceptors (Lipinski definition) is 2. The Morgan fingerprint density at radius 2 is 1.85 bits per heavy atom. The number of nitrogens with zero attached hydrogens (tertiary/aromatic N) is 1. The Bertz CT molecular complexity index is 239. The van der Waals surface area contributed by atoms with Gasteiger partial charge in [0.1, 0.15) is 0 Å². The van der Waals surface area contributed by atoms with Crippen LogP contribution in [0.25, 0.3) is 0 Å². The van der Waals surface area contributed by atoms with Crippen molar-refractivity contribution in [2.24, 2.45) is 0 Å². The van der Waals surface area contributed by atoms with E-state index in [1.54, 1.807) is 0 Å². The zero-order chi connectivity index (χ0) is 10.6. The molecule has 0 rings (SSSR count). The molecule has 0 heterocycles. The first-order valence-electron chi connectivity index (χ1n) is 4.09. The van der Waals surface area contributed by atoms with E-state index in [0.29, 0.717) is 4.83 Å². The molecule has 2 atom stereocenters. The van der Waals surface area contributed by atoms with Crippen LogP contribution in [-0.4, -0.2) is 37.7 Å². The summed E-state index contributed by atoms with van der Waals surface area (Å²) in [5, 5.41) is 0. The van der Waals surface area contributed by atoms with Gasteiger partial charge >= 0.3 is 0 Å². The lowest BCUT2D eigenvalue weighted by Gasteiger charge is -2.18. The lowest BCUT2D eigenvalue weighted by atomic mass is 10.2. The maximum Gasteiger partial charge on any atom is 0.279 e. The SMILES string of the molecule is CC(Br)CC(C)NS(=O)(=O)N(C)C. The first-order chi connectivity index (χ1) is 5.75. The highest BCUT2D eigenvalue weighted by molar-refractivity contribution is 9.09. The average Bonchev–Trinajstić information content (AvgIpc) is 1.82. The van der Waals surface area contributed by atoms with Crippen molar-refractivity contribution in [2.75, 3.05) is 14.1 Å². The van der Waals surface area contributed by atoms with Crippen LogP contribution in [0.1, 0.15) is 20.3 Å². The molecule has 0 saturated heterocycles. The molecule has 0 aromatic heterocycles. The molecule has 0 saturated carbocycles. The fourth-order valence-electron chi connectivity index (χ4n) is 0.895. The fraction of sp³-hybridized carbons (Fsp3) is 1.00. The van der Waals surface area contributed by atoms with Gasteiger partial charge in [-0.1, -0.05) is 22.9 Å². The molecule has 0 aliphatic heterocycles. The van der Waals surface area contributed by atoms with Gasteiger partial charge in [-0.05, 0) is 13.3 Å². The Labute approximate surface area is 89.0 Å². The van der Waals surface area contributed by atoms with Gasteiger partial charge in [-0.3, -0.25) is 0 Å². The molecule has 0 aliphatic carbocycles. The smallest absolute Gasteiger partial charge is 0.199 e. The molecule has 1 N–H and O–H groups in total. The molecule has 0 aromatic carbocycles. The summed E-state index contributed by atoms with van der Waals surface area (Å²) >= 11 is 3.37. The van der Waals surface area contributed by atoms with Crippen molar-refractivity contribution < 1.29 is 8.42 Å². The van der Waals surface area contributed by atoms with Gasteiger partial charge in [0.25, 0.3) is 10.2 Å². The Balaban J connectivity index is 4.13. The number of rotatable bonds is 5. The molecule has 13 heavy (non-hydrogen) atoms. The van der Waals surface area contributed by atoms with Crippen LogP contribution in [0.3, 0.4) is 0 Å². The summed E-state index contributed by atoms with van der Waals surface area (Å²) in [6.45, 7) is 3.83. The van der Waals surface area contributed by atoms with Gasteiger partial charge in [-0.15, -0.1) is 0 Å². The number of halogens is 1.